The van der Waals surface area contributed by atoms with Crippen LogP contribution in [0.4, 0.5) is 0 Å². The lowest BCUT2D eigenvalue weighted by atomic mass is 9.93. The number of aryl methyl sites for hydroxylation is 1. The van der Waals surface area contributed by atoms with Crippen molar-refractivity contribution in [3.63, 3.8) is 0 Å². The standard InChI is InChI=1S/C14H21BrN2O2S.ClH/c1-10-5-6-14(13(15)8-10)20(18,19)17-7-3-4-12(9-17)11(2)16;/h5-6,8,11-12H,3-4,7,9,16H2,1-2H3;1H. The van der Waals surface area contributed by atoms with Crippen molar-refractivity contribution in [2.45, 2.75) is 37.6 Å². The number of nitrogens with zero attached hydrogens (tertiary/aromatic N) is 1. The molecule has 1 fully saturated rings. The summed E-state index contributed by atoms with van der Waals surface area (Å²) in [5, 5.41) is 0. The molecule has 1 aliphatic heterocycles. The van der Waals surface area contributed by atoms with E-state index in [1.165, 1.54) is 0 Å². The third kappa shape index (κ3) is 4.20. The molecule has 21 heavy (non-hydrogen) atoms. The molecule has 7 heteroatoms. The molecule has 0 radical (unpaired) electrons. The van der Waals surface area contributed by atoms with Crippen molar-refractivity contribution in [1.82, 2.24) is 4.31 Å². The third-order valence-electron chi connectivity index (χ3n) is 3.87. The second-order valence-corrected chi connectivity index (χ2v) is 8.32. The number of nitrogens with two attached hydrogens (primary N) is 1. The number of benzene rings is 1. The number of rotatable bonds is 3. The lowest BCUT2D eigenvalue weighted by Gasteiger charge is -2.34. The molecular weight excluding hydrogens is 376 g/mol. The van der Waals surface area contributed by atoms with E-state index in [9.17, 15) is 8.42 Å². The summed E-state index contributed by atoms with van der Waals surface area (Å²) in [4.78, 5) is 0.341. The van der Waals surface area contributed by atoms with E-state index in [-0.39, 0.29) is 24.4 Å². The van der Waals surface area contributed by atoms with E-state index < -0.39 is 10.0 Å². The van der Waals surface area contributed by atoms with Crippen LogP contribution in [0.1, 0.15) is 25.3 Å². The number of hydrogen-bond acceptors (Lipinski definition) is 3. The summed E-state index contributed by atoms with van der Waals surface area (Å²) in [6, 6.07) is 5.35. The highest BCUT2D eigenvalue weighted by Gasteiger charge is 2.32. The molecular formula is C14H22BrClN2O2S. The van der Waals surface area contributed by atoms with Crippen LogP contribution in [0.25, 0.3) is 0 Å². The van der Waals surface area contributed by atoms with Gasteiger partial charge < -0.3 is 5.73 Å². The van der Waals surface area contributed by atoms with Gasteiger partial charge in [0.15, 0.2) is 0 Å². The Morgan fingerprint density at radius 3 is 2.67 bits per heavy atom. The van der Waals surface area contributed by atoms with Gasteiger partial charge in [-0.3, -0.25) is 0 Å². The van der Waals surface area contributed by atoms with Crippen LogP contribution in [0.3, 0.4) is 0 Å². The highest BCUT2D eigenvalue weighted by molar-refractivity contribution is 9.10. The molecule has 0 saturated carbocycles. The second-order valence-electron chi connectivity index (χ2n) is 5.56. The second kappa shape index (κ2) is 7.42. The summed E-state index contributed by atoms with van der Waals surface area (Å²) in [6.07, 6.45) is 1.87. The predicted molar refractivity (Wildman–Crippen MR) is 91.3 cm³/mol. The minimum absolute atomic E-state index is 0. The summed E-state index contributed by atoms with van der Waals surface area (Å²) >= 11 is 3.36. The summed E-state index contributed by atoms with van der Waals surface area (Å²) in [5.74, 6) is 0.239. The third-order valence-corrected chi connectivity index (χ3v) is 6.71. The molecule has 1 aromatic rings. The van der Waals surface area contributed by atoms with Gasteiger partial charge in [0.2, 0.25) is 10.0 Å². The van der Waals surface area contributed by atoms with E-state index in [4.69, 9.17) is 5.73 Å². The van der Waals surface area contributed by atoms with E-state index in [1.807, 2.05) is 26.0 Å². The molecule has 2 atom stereocenters. The molecule has 1 saturated heterocycles. The lowest BCUT2D eigenvalue weighted by Crippen LogP contribution is -2.45. The van der Waals surface area contributed by atoms with Gasteiger partial charge in [-0.05, 0) is 66.2 Å². The predicted octanol–water partition coefficient (Wildman–Crippen LogP) is 2.93. The molecule has 2 rings (SSSR count). The Bertz CT molecular complexity index is 593. The molecule has 0 spiro atoms. The van der Waals surface area contributed by atoms with Crippen LogP contribution >= 0.6 is 28.3 Å². The smallest absolute Gasteiger partial charge is 0.244 e. The zero-order valence-electron chi connectivity index (χ0n) is 12.3. The average Bonchev–Trinajstić information content (AvgIpc) is 2.38. The van der Waals surface area contributed by atoms with Gasteiger partial charge in [0.05, 0.1) is 4.90 Å². The SMILES string of the molecule is Cc1ccc(S(=O)(=O)N2CCCC(C(C)N)C2)c(Br)c1.Cl. The van der Waals surface area contributed by atoms with E-state index in [1.54, 1.807) is 10.4 Å². The molecule has 4 nitrogen and oxygen atoms in total. The number of piperidine rings is 1. The molecule has 0 aromatic heterocycles. The van der Waals surface area contributed by atoms with Gasteiger partial charge in [-0.2, -0.15) is 4.31 Å². The van der Waals surface area contributed by atoms with Crippen molar-refractivity contribution >= 4 is 38.4 Å². The van der Waals surface area contributed by atoms with Gasteiger partial charge in [0.25, 0.3) is 0 Å². The highest BCUT2D eigenvalue weighted by atomic mass is 79.9. The minimum atomic E-state index is -3.44. The van der Waals surface area contributed by atoms with Crippen LogP contribution in [0.15, 0.2) is 27.6 Å². The van der Waals surface area contributed by atoms with Crippen molar-refractivity contribution in [3.05, 3.63) is 28.2 Å². The molecule has 0 amide bonds. The maximum atomic E-state index is 12.7. The van der Waals surface area contributed by atoms with Crippen LogP contribution in [0.5, 0.6) is 0 Å². The van der Waals surface area contributed by atoms with Crippen molar-refractivity contribution in [3.8, 4) is 0 Å². The molecule has 2 unspecified atom stereocenters. The average molecular weight is 398 g/mol. The quantitative estimate of drug-likeness (QED) is 0.853. The molecule has 0 bridgehead atoms. The maximum Gasteiger partial charge on any atom is 0.244 e. The Morgan fingerprint density at radius 1 is 1.43 bits per heavy atom. The summed E-state index contributed by atoms with van der Waals surface area (Å²) in [7, 11) is -3.44. The van der Waals surface area contributed by atoms with Crippen LogP contribution < -0.4 is 5.73 Å². The Balaban J connectivity index is 0.00000220. The Labute approximate surface area is 141 Å². The molecule has 2 N–H and O–H groups in total. The Kier molecular flexibility index (Phi) is 6.68. The van der Waals surface area contributed by atoms with Crippen molar-refractivity contribution in [2.75, 3.05) is 13.1 Å². The molecule has 120 valence electrons. The first-order valence-corrected chi connectivity index (χ1v) is 9.07. The normalized spacial score (nSPS) is 21.6. The van der Waals surface area contributed by atoms with E-state index in [0.29, 0.717) is 22.5 Å². The molecule has 1 aromatic carbocycles. The summed E-state index contributed by atoms with van der Waals surface area (Å²) in [5.41, 5.74) is 6.96. The molecule has 1 heterocycles. The zero-order valence-corrected chi connectivity index (χ0v) is 15.5. The van der Waals surface area contributed by atoms with E-state index >= 15 is 0 Å². The largest absolute Gasteiger partial charge is 0.328 e. The fourth-order valence-electron chi connectivity index (χ4n) is 2.58. The van der Waals surface area contributed by atoms with Crippen LogP contribution in [0.2, 0.25) is 0 Å². The first-order chi connectivity index (χ1) is 9.32. The maximum absolute atomic E-state index is 12.7. The fraction of sp³-hybridized carbons (Fsp3) is 0.571. The van der Waals surface area contributed by atoms with Crippen molar-refractivity contribution in [2.24, 2.45) is 11.7 Å². The number of halogens is 2. The van der Waals surface area contributed by atoms with Gasteiger partial charge in [-0.15, -0.1) is 12.4 Å². The van der Waals surface area contributed by atoms with Gasteiger partial charge in [-0.25, -0.2) is 8.42 Å². The summed E-state index contributed by atoms with van der Waals surface area (Å²) < 4.78 is 27.7. The number of hydrogen-bond donors (Lipinski definition) is 1. The van der Waals surface area contributed by atoms with Crippen LogP contribution in [-0.2, 0) is 10.0 Å². The van der Waals surface area contributed by atoms with Crippen molar-refractivity contribution in [1.29, 1.82) is 0 Å². The van der Waals surface area contributed by atoms with Crippen molar-refractivity contribution < 1.29 is 8.42 Å². The fourth-order valence-corrected chi connectivity index (χ4v) is 5.26. The van der Waals surface area contributed by atoms with E-state index in [2.05, 4.69) is 15.9 Å². The van der Waals surface area contributed by atoms with E-state index in [0.717, 1.165) is 18.4 Å². The number of sulfonamides is 1. The minimum Gasteiger partial charge on any atom is -0.328 e. The van der Waals surface area contributed by atoms with Crippen LogP contribution in [0, 0.1) is 12.8 Å². The van der Waals surface area contributed by atoms with Gasteiger partial charge in [-0.1, -0.05) is 6.07 Å². The Hall–Kier alpha value is -0.140. The van der Waals surface area contributed by atoms with Gasteiger partial charge >= 0.3 is 0 Å². The first kappa shape index (κ1) is 18.9. The van der Waals surface area contributed by atoms with Gasteiger partial charge in [0.1, 0.15) is 0 Å². The lowest BCUT2D eigenvalue weighted by molar-refractivity contribution is 0.243. The van der Waals surface area contributed by atoms with Crippen LogP contribution in [-0.4, -0.2) is 31.9 Å². The Morgan fingerprint density at radius 2 is 2.10 bits per heavy atom. The molecule has 0 aliphatic carbocycles. The van der Waals surface area contributed by atoms with Gasteiger partial charge in [0, 0.05) is 23.6 Å². The monoisotopic (exact) mass is 396 g/mol. The zero-order chi connectivity index (χ0) is 14.9. The molecule has 1 aliphatic rings. The topological polar surface area (TPSA) is 63.4 Å². The summed E-state index contributed by atoms with van der Waals surface area (Å²) in [6.45, 7) is 4.98. The highest BCUT2D eigenvalue weighted by Crippen LogP contribution is 2.29. The first-order valence-electron chi connectivity index (χ1n) is 6.84.